The molecule has 1 atom stereocenters. The molecule has 2 amide bonds. The Morgan fingerprint density at radius 2 is 1.54 bits per heavy atom. The predicted molar refractivity (Wildman–Crippen MR) is 149 cm³/mol. The van der Waals surface area contributed by atoms with Gasteiger partial charge in [0.15, 0.2) is 0 Å². The number of nitrogens with one attached hydrogen (secondary N) is 2. The molecule has 0 radical (unpaired) electrons. The lowest BCUT2D eigenvalue weighted by atomic mass is 10.1. The third-order valence-electron chi connectivity index (χ3n) is 5.67. The second-order valence-electron chi connectivity index (χ2n) is 8.31. The molecule has 0 aromatic heterocycles. The summed E-state index contributed by atoms with van der Waals surface area (Å²) < 4.78 is 10.7. The van der Waals surface area contributed by atoms with Crippen molar-refractivity contribution in [2.45, 2.75) is 17.1 Å². The van der Waals surface area contributed by atoms with Gasteiger partial charge in [-0.1, -0.05) is 54.1 Å². The highest BCUT2D eigenvalue weighted by molar-refractivity contribution is 8.00. The maximum absolute atomic E-state index is 13.5. The molecule has 0 saturated heterocycles. The Morgan fingerprint density at radius 1 is 0.784 bits per heavy atom. The summed E-state index contributed by atoms with van der Waals surface area (Å²) in [5.41, 5.74) is 3.73. The van der Waals surface area contributed by atoms with Crippen molar-refractivity contribution in [2.24, 2.45) is 0 Å². The fraction of sp³-hybridized carbons (Fsp3) is 0.133. The van der Waals surface area contributed by atoms with Gasteiger partial charge in [-0.25, -0.2) is 0 Å². The number of carbonyl (C=O) groups excluding carboxylic acids is 2. The van der Waals surface area contributed by atoms with Crippen molar-refractivity contribution in [3.8, 4) is 11.5 Å². The van der Waals surface area contributed by atoms with Crippen LogP contribution in [0.25, 0.3) is 0 Å². The van der Waals surface area contributed by atoms with Gasteiger partial charge in [-0.2, -0.15) is 0 Å². The van der Waals surface area contributed by atoms with Gasteiger partial charge in [0.25, 0.3) is 5.91 Å². The van der Waals surface area contributed by atoms with Crippen LogP contribution >= 0.6 is 11.8 Å². The van der Waals surface area contributed by atoms with E-state index in [1.54, 1.807) is 44.6 Å². The van der Waals surface area contributed by atoms with Crippen molar-refractivity contribution in [1.82, 2.24) is 0 Å². The van der Waals surface area contributed by atoms with Gasteiger partial charge in [-0.05, 0) is 55.0 Å². The highest BCUT2D eigenvalue weighted by Gasteiger charge is 2.23. The minimum absolute atomic E-state index is 0.189. The molecule has 0 aliphatic heterocycles. The third kappa shape index (κ3) is 6.71. The van der Waals surface area contributed by atoms with E-state index in [9.17, 15) is 9.59 Å². The number of aryl methyl sites for hydroxylation is 1. The third-order valence-corrected chi connectivity index (χ3v) is 6.91. The van der Waals surface area contributed by atoms with Crippen LogP contribution in [-0.4, -0.2) is 26.0 Å². The van der Waals surface area contributed by atoms with E-state index in [1.807, 2.05) is 73.7 Å². The topological polar surface area (TPSA) is 76.7 Å². The highest BCUT2D eigenvalue weighted by atomic mass is 32.2. The Labute approximate surface area is 221 Å². The highest BCUT2D eigenvalue weighted by Crippen LogP contribution is 2.38. The van der Waals surface area contributed by atoms with E-state index < -0.39 is 5.25 Å². The van der Waals surface area contributed by atoms with E-state index in [-0.39, 0.29) is 11.8 Å². The van der Waals surface area contributed by atoms with Gasteiger partial charge in [0.2, 0.25) is 5.91 Å². The van der Waals surface area contributed by atoms with Crippen molar-refractivity contribution in [3.63, 3.8) is 0 Å². The quantitative estimate of drug-likeness (QED) is 0.243. The molecule has 0 saturated carbocycles. The van der Waals surface area contributed by atoms with Crippen molar-refractivity contribution >= 4 is 35.0 Å². The maximum Gasteiger partial charge on any atom is 0.255 e. The van der Waals surface area contributed by atoms with Crippen LogP contribution in [0.15, 0.2) is 102 Å². The van der Waals surface area contributed by atoms with Gasteiger partial charge in [0.1, 0.15) is 16.7 Å². The first-order valence-corrected chi connectivity index (χ1v) is 12.6. The van der Waals surface area contributed by atoms with Gasteiger partial charge in [-0.15, -0.1) is 11.8 Å². The first kappa shape index (κ1) is 25.9. The van der Waals surface area contributed by atoms with E-state index in [1.165, 1.54) is 11.8 Å². The molecular formula is C30H28N2O4S. The number of benzene rings is 4. The molecule has 37 heavy (non-hydrogen) atoms. The molecule has 1 unspecified atom stereocenters. The summed E-state index contributed by atoms with van der Waals surface area (Å²) in [5.74, 6) is 0.749. The first-order valence-electron chi connectivity index (χ1n) is 11.7. The molecule has 0 heterocycles. The second kappa shape index (κ2) is 12.1. The molecule has 0 aliphatic rings. The average molecular weight is 513 g/mol. The number of amides is 2. The molecule has 7 heteroatoms. The zero-order chi connectivity index (χ0) is 26.2. The molecule has 4 aromatic rings. The van der Waals surface area contributed by atoms with Gasteiger partial charge in [-0.3, -0.25) is 9.59 Å². The van der Waals surface area contributed by atoms with Crippen LogP contribution in [0, 0.1) is 6.92 Å². The number of rotatable bonds is 9. The summed E-state index contributed by atoms with van der Waals surface area (Å²) in [5, 5.41) is 5.39. The number of hydrogen-bond acceptors (Lipinski definition) is 5. The van der Waals surface area contributed by atoms with E-state index in [2.05, 4.69) is 10.6 Å². The smallest absolute Gasteiger partial charge is 0.255 e. The summed E-state index contributed by atoms with van der Waals surface area (Å²) in [6, 6.07) is 29.7. The lowest BCUT2D eigenvalue weighted by Crippen LogP contribution is -2.19. The minimum atomic E-state index is -0.545. The molecule has 6 nitrogen and oxygen atoms in total. The lowest BCUT2D eigenvalue weighted by molar-refractivity contribution is -0.115. The summed E-state index contributed by atoms with van der Waals surface area (Å²) >= 11 is 1.40. The number of anilines is 2. The Bertz CT molecular complexity index is 1370. The van der Waals surface area contributed by atoms with Crippen molar-refractivity contribution in [2.75, 3.05) is 24.9 Å². The molecule has 2 N–H and O–H groups in total. The number of thioether (sulfide) groups is 1. The van der Waals surface area contributed by atoms with Crippen molar-refractivity contribution < 1.29 is 19.1 Å². The fourth-order valence-corrected chi connectivity index (χ4v) is 4.78. The molecule has 4 aromatic carbocycles. The molecule has 0 spiro atoms. The molecule has 0 bridgehead atoms. The molecular weight excluding hydrogens is 484 g/mol. The Kier molecular flexibility index (Phi) is 8.48. The van der Waals surface area contributed by atoms with Crippen LogP contribution in [0.4, 0.5) is 11.4 Å². The number of ether oxygens (including phenoxy) is 2. The van der Waals surface area contributed by atoms with Crippen LogP contribution in [-0.2, 0) is 4.79 Å². The van der Waals surface area contributed by atoms with E-state index >= 15 is 0 Å². The number of hydrogen-bond donors (Lipinski definition) is 2. The van der Waals surface area contributed by atoms with Gasteiger partial charge < -0.3 is 20.1 Å². The summed E-state index contributed by atoms with van der Waals surface area (Å²) in [4.78, 5) is 27.1. The van der Waals surface area contributed by atoms with Crippen LogP contribution in [0.5, 0.6) is 11.5 Å². The summed E-state index contributed by atoms with van der Waals surface area (Å²) in [7, 11) is 3.12. The Balaban J connectivity index is 1.55. The van der Waals surface area contributed by atoms with Crippen LogP contribution in [0.2, 0.25) is 0 Å². The normalized spacial score (nSPS) is 11.3. The summed E-state index contributed by atoms with van der Waals surface area (Å²) in [6.07, 6.45) is 0. The lowest BCUT2D eigenvalue weighted by Gasteiger charge is -2.19. The Morgan fingerprint density at radius 3 is 2.24 bits per heavy atom. The van der Waals surface area contributed by atoms with Crippen molar-refractivity contribution in [1.29, 1.82) is 0 Å². The van der Waals surface area contributed by atoms with Gasteiger partial charge in [0, 0.05) is 22.2 Å². The van der Waals surface area contributed by atoms with Crippen LogP contribution in [0.3, 0.4) is 0 Å². The number of carbonyl (C=O) groups is 2. The largest absolute Gasteiger partial charge is 0.497 e. The van der Waals surface area contributed by atoms with Crippen LogP contribution in [0.1, 0.15) is 26.7 Å². The summed E-state index contributed by atoms with van der Waals surface area (Å²) in [6.45, 7) is 1.98. The fourth-order valence-electron chi connectivity index (χ4n) is 3.69. The minimum Gasteiger partial charge on any atom is -0.497 e. The Hall–Kier alpha value is -4.23. The SMILES string of the molecule is COc1ccc(NC(=O)C(Sc2cccc(NC(=O)c3ccc(C)cc3)c2)c2ccccc2)c(OC)c1. The van der Waals surface area contributed by atoms with E-state index in [0.717, 1.165) is 16.0 Å². The van der Waals surface area contributed by atoms with E-state index in [0.29, 0.717) is 28.4 Å². The predicted octanol–water partition coefficient (Wildman–Crippen LogP) is 6.74. The standard InChI is InChI=1S/C30H28N2O4S/c1-20-12-14-22(15-13-20)29(33)31-23-10-7-11-25(18-23)37-28(21-8-5-4-6-9-21)30(34)32-26-17-16-24(35-2)19-27(26)36-3/h4-19,28H,1-3H3,(H,31,33)(H,32,34). The van der Waals surface area contributed by atoms with E-state index in [4.69, 9.17) is 9.47 Å². The van der Waals surface area contributed by atoms with Gasteiger partial charge in [0.05, 0.1) is 19.9 Å². The molecule has 0 fully saturated rings. The van der Waals surface area contributed by atoms with Crippen molar-refractivity contribution in [3.05, 3.63) is 114 Å². The number of methoxy groups -OCH3 is 2. The van der Waals surface area contributed by atoms with Crippen LogP contribution < -0.4 is 20.1 Å². The molecule has 0 aliphatic carbocycles. The molecule has 188 valence electrons. The zero-order valence-electron chi connectivity index (χ0n) is 20.9. The zero-order valence-corrected chi connectivity index (χ0v) is 21.7. The van der Waals surface area contributed by atoms with Gasteiger partial charge >= 0.3 is 0 Å². The maximum atomic E-state index is 13.5. The molecule has 4 rings (SSSR count). The first-order chi connectivity index (χ1) is 18.0. The average Bonchev–Trinajstić information content (AvgIpc) is 2.93. The second-order valence-corrected chi connectivity index (χ2v) is 9.49. The monoisotopic (exact) mass is 512 g/mol.